The summed E-state index contributed by atoms with van der Waals surface area (Å²) >= 11 is 0. The van der Waals surface area contributed by atoms with Crippen LogP contribution in [-0.2, 0) is 9.22 Å². The number of hydrogen-bond acceptors (Lipinski definition) is 2. The minimum absolute atomic E-state index is 0.165. The van der Waals surface area contributed by atoms with Crippen LogP contribution in [0.4, 0.5) is 0 Å². The van der Waals surface area contributed by atoms with E-state index in [0.29, 0.717) is 33.8 Å². The van der Waals surface area contributed by atoms with Crippen molar-refractivity contribution >= 4 is 16.5 Å². The average molecular weight is 242 g/mol. The first-order chi connectivity index (χ1) is 7.22. The van der Waals surface area contributed by atoms with Crippen LogP contribution in [0.2, 0.25) is 0 Å². The number of rotatable bonds is 5. The van der Waals surface area contributed by atoms with E-state index < -0.39 is 0 Å². The maximum absolute atomic E-state index is 11.8. The van der Waals surface area contributed by atoms with Gasteiger partial charge in [0.15, 0.2) is 0 Å². The molecule has 0 atom stereocenters. The fraction of sp³-hybridized carbons (Fsp3) is 0.769. The van der Waals surface area contributed by atoms with E-state index in [4.69, 9.17) is 4.43 Å². The van der Waals surface area contributed by atoms with E-state index >= 15 is 0 Å². The summed E-state index contributed by atoms with van der Waals surface area (Å²) in [6.07, 6.45) is 0. The summed E-state index contributed by atoms with van der Waals surface area (Å²) in [5.74, 6) is 0.907. The maximum atomic E-state index is 11.8. The number of hydrogen-bond donors (Lipinski definition) is 0. The smallest absolute Gasteiger partial charge is 0.319 e. The van der Waals surface area contributed by atoms with E-state index in [0.717, 1.165) is 0 Å². The molecule has 3 heteroatoms. The normalized spacial score (nSPS) is 12.6. The van der Waals surface area contributed by atoms with Crippen LogP contribution in [0.1, 0.15) is 41.5 Å². The molecular formula is C13H26O2Si. The zero-order valence-electron chi connectivity index (χ0n) is 11.8. The third-order valence-corrected chi connectivity index (χ3v) is 4.19. The van der Waals surface area contributed by atoms with Crippen LogP contribution in [0.5, 0.6) is 0 Å². The molecule has 0 rings (SSSR count). The molecule has 0 heterocycles. The van der Waals surface area contributed by atoms with Gasteiger partial charge in [-0.15, -0.1) is 0 Å². The van der Waals surface area contributed by atoms with Crippen LogP contribution in [0.25, 0.3) is 0 Å². The van der Waals surface area contributed by atoms with Crippen molar-refractivity contribution in [3.63, 3.8) is 0 Å². The predicted molar refractivity (Wildman–Crippen MR) is 72.1 cm³/mol. The van der Waals surface area contributed by atoms with Crippen molar-refractivity contribution in [2.24, 2.45) is 23.2 Å². The number of carbonyl (C=O) groups excluding carboxylic acids is 1. The van der Waals surface area contributed by atoms with E-state index in [1.165, 1.54) is 0 Å². The quantitative estimate of drug-likeness (QED) is 0.546. The molecule has 0 bridgehead atoms. The molecule has 0 aliphatic rings. The fourth-order valence-corrected chi connectivity index (χ4v) is 3.59. The molecule has 0 aliphatic heterocycles. The highest BCUT2D eigenvalue weighted by Crippen LogP contribution is 2.48. The summed E-state index contributed by atoms with van der Waals surface area (Å²) in [4.78, 5) is 11.8. The lowest BCUT2D eigenvalue weighted by Gasteiger charge is -2.45. The van der Waals surface area contributed by atoms with Crippen LogP contribution in [0.3, 0.4) is 0 Å². The largest absolute Gasteiger partial charge is 0.525 e. The lowest BCUT2D eigenvalue weighted by Crippen LogP contribution is -2.42. The molecule has 0 aromatic carbocycles. The van der Waals surface area contributed by atoms with Crippen LogP contribution in [0.15, 0.2) is 12.2 Å². The summed E-state index contributed by atoms with van der Waals surface area (Å²) in [5, 5.41) is 0. The van der Waals surface area contributed by atoms with Crippen molar-refractivity contribution in [1.82, 2.24) is 0 Å². The molecule has 16 heavy (non-hydrogen) atoms. The minimum Gasteiger partial charge on any atom is -0.525 e. The Hall–Kier alpha value is -0.573. The van der Waals surface area contributed by atoms with Gasteiger partial charge in [0.05, 0.1) is 0 Å². The van der Waals surface area contributed by atoms with Gasteiger partial charge in [-0.05, 0) is 17.8 Å². The maximum Gasteiger partial charge on any atom is 0.319 e. The van der Waals surface area contributed by atoms with Gasteiger partial charge in [0.1, 0.15) is 0 Å². The molecular weight excluding hydrogens is 216 g/mol. The van der Waals surface area contributed by atoms with Crippen LogP contribution in [0, 0.1) is 23.2 Å². The van der Waals surface area contributed by atoms with Crippen molar-refractivity contribution in [1.29, 1.82) is 0 Å². The molecule has 0 amide bonds. The van der Waals surface area contributed by atoms with Crippen LogP contribution >= 0.6 is 0 Å². The molecule has 0 spiro atoms. The first kappa shape index (κ1) is 15.4. The zero-order chi connectivity index (χ0) is 13.1. The highest BCUT2D eigenvalue weighted by molar-refractivity contribution is 6.09. The molecule has 0 unspecified atom stereocenters. The summed E-state index contributed by atoms with van der Waals surface area (Å²) in [7, 11) is 0.432. The van der Waals surface area contributed by atoms with Gasteiger partial charge in [0.2, 0.25) is 10.5 Å². The van der Waals surface area contributed by atoms with Crippen molar-refractivity contribution < 1.29 is 9.22 Å². The molecule has 0 saturated heterocycles. The van der Waals surface area contributed by atoms with Gasteiger partial charge in [0, 0.05) is 11.0 Å². The first-order valence-corrected chi connectivity index (χ1v) is 6.82. The van der Waals surface area contributed by atoms with Crippen LogP contribution in [-0.4, -0.2) is 16.5 Å². The highest BCUT2D eigenvalue weighted by Gasteiger charge is 2.45. The lowest BCUT2D eigenvalue weighted by atomic mass is 9.58. The van der Waals surface area contributed by atoms with E-state index in [1.54, 1.807) is 0 Å². The van der Waals surface area contributed by atoms with E-state index in [2.05, 4.69) is 48.1 Å². The van der Waals surface area contributed by atoms with Gasteiger partial charge in [-0.2, -0.15) is 0 Å². The van der Waals surface area contributed by atoms with Gasteiger partial charge in [-0.25, -0.2) is 4.79 Å². The summed E-state index contributed by atoms with van der Waals surface area (Å²) < 4.78 is 4.97. The Kier molecular flexibility index (Phi) is 5.46. The topological polar surface area (TPSA) is 26.3 Å². The molecule has 0 radical (unpaired) electrons. The Balaban J connectivity index is 5.53. The molecule has 2 nitrogen and oxygen atoms in total. The Morgan fingerprint density at radius 3 is 1.56 bits per heavy atom. The summed E-state index contributed by atoms with van der Waals surface area (Å²) in [6, 6.07) is 0. The van der Waals surface area contributed by atoms with Crippen molar-refractivity contribution in [3.05, 3.63) is 12.2 Å². The van der Waals surface area contributed by atoms with Gasteiger partial charge in [-0.3, -0.25) is 0 Å². The zero-order valence-corrected chi connectivity index (χ0v) is 13.8. The minimum atomic E-state index is -0.220. The summed E-state index contributed by atoms with van der Waals surface area (Å²) in [5.41, 5.74) is 0.476. The second-order valence-electron chi connectivity index (χ2n) is 5.37. The van der Waals surface area contributed by atoms with E-state index in [1.807, 2.05) is 0 Å². The standard InChI is InChI=1S/C13H26O2Si/c1-8(2)13(9(3)4,10(5)6)11(7)12(14)15-16/h8-10H,7H2,1-6,16H3. The van der Waals surface area contributed by atoms with Gasteiger partial charge in [0.25, 0.3) is 0 Å². The Morgan fingerprint density at radius 1 is 1.06 bits per heavy atom. The molecule has 0 N–H and O–H groups in total. The third-order valence-electron chi connectivity index (χ3n) is 3.82. The molecule has 0 aliphatic carbocycles. The van der Waals surface area contributed by atoms with Gasteiger partial charge in [-0.1, -0.05) is 48.1 Å². The molecule has 0 fully saturated rings. The van der Waals surface area contributed by atoms with Gasteiger partial charge >= 0.3 is 5.97 Å². The second-order valence-corrected chi connectivity index (χ2v) is 5.78. The second kappa shape index (κ2) is 5.67. The van der Waals surface area contributed by atoms with Gasteiger partial charge < -0.3 is 4.43 Å². The molecule has 0 saturated carbocycles. The van der Waals surface area contributed by atoms with Crippen LogP contribution < -0.4 is 0 Å². The average Bonchev–Trinajstić information content (AvgIpc) is 2.15. The monoisotopic (exact) mass is 242 g/mol. The first-order valence-electron chi connectivity index (χ1n) is 6.00. The number of carbonyl (C=O) groups is 1. The van der Waals surface area contributed by atoms with Crippen molar-refractivity contribution in [3.8, 4) is 0 Å². The summed E-state index contributed by atoms with van der Waals surface area (Å²) in [6.45, 7) is 17.0. The van der Waals surface area contributed by atoms with Crippen molar-refractivity contribution in [2.75, 3.05) is 0 Å². The fourth-order valence-electron chi connectivity index (χ4n) is 3.35. The Morgan fingerprint density at radius 2 is 1.38 bits per heavy atom. The van der Waals surface area contributed by atoms with Crippen molar-refractivity contribution in [2.45, 2.75) is 41.5 Å². The predicted octanol–water partition coefficient (Wildman–Crippen LogP) is 2.32. The molecule has 0 aromatic heterocycles. The molecule has 94 valence electrons. The van der Waals surface area contributed by atoms with E-state index in [9.17, 15) is 4.79 Å². The lowest BCUT2D eigenvalue weighted by molar-refractivity contribution is -0.132. The Bertz CT molecular complexity index is 245. The third kappa shape index (κ3) is 2.39. The highest BCUT2D eigenvalue weighted by atomic mass is 28.2. The molecule has 0 aromatic rings. The Labute approximate surface area is 103 Å². The SMILES string of the molecule is C=C(C(=O)O[SiH3])C(C(C)C)(C(C)C)C(C)C. The van der Waals surface area contributed by atoms with E-state index in [-0.39, 0.29) is 11.4 Å².